The summed E-state index contributed by atoms with van der Waals surface area (Å²) in [5, 5.41) is 0. The summed E-state index contributed by atoms with van der Waals surface area (Å²) in [5.41, 5.74) is 0.00317. The molecular formula is C13H22O. The fourth-order valence-electron chi connectivity index (χ4n) is 1.86. The van der Waals surface area contributed by atoms with Crippen LogP contribution in [0.25, 0.3) is 0 Å². The highest BCUT2D eigenvalue weighted by Crippen LogP contribution is 2.26. The molecule has 0 fully saturated rings. The summed E-state index contributed by atoms with van der Waals surface area (Å²) >= 11 is 0. The van der Waals surface area contributed by atoms with E-state index in [4.69, 9.17) is 4.74 Å². The summed E-state index contributed by atoms with van der Waals surface area (Å²) in [6.45, 7) is 9.64. The van der Waals surface area contributed by atoms with Crippen molar-refractivity contribution in [2.75, 3.05) is 6.61 Å². The minimum Gasteiger partial charge on any atom is -0.372 e. The van der Waals surface area contributed by atoms with Crippen LogP contribution in [-0.2, 0) is 4.74 Å². The zero-order chi connectivity index (χ0) is 10.6. The summed E-state index contributed by atoms with van der Waals surface area (Å²) in [4.78, 5) is 0. The Balaban J connectivity index is 2.71. The first-order valence-corrected chi connectivity index (χ1v) is 5.48. The molecule has 0 aromatic rings. The SMILES string of the molecule is CC1/C=C\C=C/COC(C)(C)CC1C. The highest BCUT2D eigenvalue weighted by molar-refractivity contribution is 5.05. The quantitative estimate of drug-likeness (QED) is 0.573. The van der Waals surface area contributed by atoms with Gasteiger partial charge in [0.25, 0.3) is 0 Å². The molecule has 1 heterocycles. The van der Waals surface area contributed by atoms with Gasteiger partial charge >= 0.3 is 0 Å². The van der Waals surface area contributed by atoms with E-state index in [1.807, 2.05) is 0 Å². The van der Waals surface area contributed by atoms with Gasteiger partial charge < -0.3 is 4.74 Å². The molecule has 0 aromatic carbocycles. The number of hydrogen-bond donors (Lipinski definition) is 0. The Morgan fingerprint density at radius 2 is 1.93 bits per heavy atom. The molecule has 14 heavy (non-hydrogen) atoms. The summed E-state index contributed by atoms with van der Waals surface area (Å²) in [6, 6.07) is 0. The molecule has 2 unspecified atom stereocenters. The molecule has 0 spiro atoms. The highest BCUT2D eigenvalue weighted by Gasteiger charge is 2.23. The fourth-order valence-corrected chi connectivity index (χ4v) is 1.86. The fraction of sp³-hybridized carbons (Fsp3) is 0.692. The molecule has 2 atom stereocenters. The zero-order valence-corrected chi connectivity index (χ0v) is 9.79. The Bertz CT molecular complexity index is 225. The topological polar surface area (TPSA) is 9.23 Å². The van der Waals surface area contributed by atoms with E-state index in [1.165, 1.54) is 0 Å². The van der Waals surface area contributed by atoms with Gasteiger partial charge in [0, 0.05) is 0 Å². The van der Waals surface area contributed by atoms with Crippen LogP contribution in [0.15, 0.2) is 24.3 Å². The van der Waals surface area contributed by atoms with Crippen molar-refractivity contribution in [2.24, 2.45) is 11.8 Å². The van der Waals surface area contributed by atoms with Crippen LogP contribution in [-0.4, -0.2) is 12.2 Å². The van der Waals surface area contributed by atoms with Crippen LogP contribution < -0.4 is 0 Å². The van der Waals surface area contributed by atoms with Crippen LogP contribution in [0.5, 0.6) is 0 Å². The molecule has 1 heteroatoms. The molecule has 1 rings (SSSR count). The van der Waals surface area contributed by atoms with Crippen molar-refractivity contribution in [2.45, 2.75) is 39.7 Å². The van der Waals surface area contributed by atoms with Gasteiger partial charge in [0.1, 0.15) is 0 Å². The molecule has 0 aliphatic carbocycles. The summed E-state index contributed by atoms with van der Waals surface area (Å²) in [6.07, 6.45) is 9.67. The van der Waals surface area contributed by atoms with E-state index in [9.17, 15) is 0 Å². The normalized spacial score (nSPS) is 37.4. The van der Waals surface area contributed by atoms with Crippen LogP contribution in [0, 0.1) is 11.8 Å². The molecule has 0 N–H and O–H groups in total. The van der Waals surface area contributed by atoms with Crippen molar-refractivity contribution in [3.05, 3.63) is 24.3 Å². The lowest BCUT2D eigenvalue weighted by molar-refractivity contribution is -0.0208. The lowest BCUT2D eigenvalue weighted by Crippen LogP contribution is -2.29. The smallest absolute Gasteiger partial charge is 0.0657 e. The van der Waals surface area contributed by atoms with Crippen LogP contribution in [0.4, 0.5) is 0 Å². The lowest BCUT2D eigenvalue weighted by Gasteiger charge is -2.30. The van der Waals surface area contributed by atoms with Gasteiger partial charge in [-0.15, -0.1) is 0 Å². The first-order valence-electron chi connectivity index (χ1n) is 5.48. The van der Waals surface area contributed by atoms with Gasteiger partial charge in [0.05, 0.1) is 12.2 Å². The molecule has 0 radical (unpaired) electrons. The second kappa shape index (κ2) is 4.79. The van der Waals surface area contributed by atoms with Gasteiger partial charge in [-0.25, -0.2) is 0 Å². The third kappa shape index (κ3) is 3.67. The van der Waals surface area contributed by atoms with Crippen molar-refractivity contribution >= 4 is 0 Å². The predicted octanol–water partition coefficient (Wildman–Crippen LogP) is 3.57. The maximum absolute atomic E-state index is 5.80. The van der Waals surface area contributed by atoms with Gasteiger partial charge in [-0.05, 0) is 32.1 Å². The molecule has 0 saturated heterocycles. The van der Waals surface area contributed by atoms with Gasteiger partial charge in [0.2, 0.25) is 0 Å². The maximum atomic E-state index is 5.80. The second-order valence-corrected chi connectivity index (χ2v) is 4.92. The van der Waals surface area contributed by atoms with E-state index in [-0.39, 0.29) is 5.60 Å². The molecule has 0 bridgehead atoms. The number of allylic oxidation sites excluding steroid dienone is 3. The second-order valence-electron chi connectivity index (χ2n) is 4.92. The summed E-state index contributed by atoms with van der Waals surface area (Å²) in [5.74, 6) is 1.30. The van der Waals surface area contributed by atoms with Gasteiger partial charge in [-0.1, -0.05) is 38.2 Å². The predicted molar refractivity (Wildman–Crippen MR) is 61.3 cm³/mol. The van der Waals surface area contributed by atoms with E-state index in [2.05, 4.69) is 52.0 Å². The van der Waals surface area contributed by atoms with Crippen LogP contribution in [0.1, 0.15) is 34.1 Å². The van der Waals surface area contributed by atoms with Crippen molar-refractivity contribution in [1.29, 1.82) is 0 Å². The van der Waals surface area contributed by atoms with Crippen LogP contribution >= 0.6 is 0 Å². The molecule has 80 valence electrons. The van der Waals surface area contributed by atoms with Crippen molar-refractivity contribution in [3.63, 3.8) is 0 Å². The average Bonchev–Trinajstić information content (AvgIpc) is 2.08. The van der Waals surface area contributed by atoms with E-state index >= 15 is 0 Å². The Labute approximate surface area is 87.8 Å². The Morgan fingerprint density at radius 3 is 2.64 bits per heavy atom. The molecule has 1 aliphatic rings. The third-order valence-electron chi connectivity index (χ3n) is 2.94. The maximum Gasteiger partial charge on any atom is 0.0657 e. The molecule has 0 saturated carbocycles. The lowest BCUT2D eigenvalue weighted by atomic mass is 9.85. The Kier molecular flexibility index (Phi) is 3.94. The van der Waals surface area contributed by atoms with Gasteiger partial charge in [-0.3, -0.25) is 0 Å². The van der Waals surface area contributed by atoms with Gasteiger partial charge in [0.15, 0.2) is 0 Å². The number of hydrogen-bond acceptors (Lipinski definition) is 1. The summed E-state index contributed by atoms with van der Waals surface area (Å²) < 4.78 is 5.80. The summed E-state index contributed by atoms with van der Waals surface area (Å²) in [7, 11) is 0. The Morgan fingerprint density at radius 1 is 1.21 bits per heavy atom. The third-order valence-corrected chi connectivity index (χ3v) is 2.94. The number of ether oxygens (including phenoxy) is 1. The monoisotopic (exact) mass is 194 g/mol. The Hall–Kier alpha value is -0.560. The van der Waals surface area contributed by atoms with E-state index in [0.29, 0.717) is 11.8 Å². The van der Waals surface area contributed by atoms with Crippen LogP contribution in [0.3, 0.4) is 0 Å². The average molecular weight is 194 g/mol. The van der Waals surface area contributed by atoms with Crippen LogP contribution in [0.2, 0.25) is 0 Å². The minimum atomic E-state index is 0.00317. The van der Waals surface area contributed by atoms with Crippen molar-refractivity contribution in [3.8, 4) is 0 Å². The largest absolute Gasteiger partial charge is 0.372 e. The zero-order valence-electron chi connectivity index (χ0n) is 9.79. The van der Waals surface area contributed by atoms with E-state index in [1.54, 1.807) is 0 Å². The van der Waals surface area contributed by atoms with E-state index in [0.717, 1.165) is 13.0 Å². The first-order chi connectivity index (χ1) is 6.51. The molecule has 1 aliphatic heterocycles. The molecule has 0 aromatic heterocycles. The van der Waals surface area contributed by atoms with E-state index < -0.39 is 0 Å². The highest BCUT2D eigenvalue weighted by atomic mass is 16.5. The molecular weight excluding hydrogens is 172 g/mol. The number of rotatable bonds is 0. The molecule has 0 amide bonds. The minimum absolute atomic E-state index is 0.00317. The molecule has 1 nitrogen and oxygen atoms in total. The van der Waals surface area contributed by atoms with Crippen molar-refractivity contribution in [1.82, 2.24) is 0 Å². The standard InChI is InChI=1S/C13H22O/c1-11-8-6-5-7-9-14-13(3,4)10-12(11)2/h5-8,11-12H,9-10H2,1-4H3/b7-5-,8-6-. The first kappa shape index (κ1) is 11.5. The van der Waals surface area contributed by atoms with Gasteiger partial charge in [-0.2, -0.15) is 0 Å². The van der Waals surface area contributed by atoms with Crippen molar-refractivity contribution < 1.29 is 4.74 Å².